The minimum Gasteiger partial charge on any atom is -0.326 e. The fourth-order valence-corrected chi connectivity index (χ4v) is 3.28. The molecule has 0 bridgehead atoms. The number of nitrogens with one attached hydrogen (secondary N) is 1. The molecule has 2 amide bonds. The van der Waals surface area contributed by atoms with Crippen LogP contribution in [0.4, 0.5) is 5.69 Å². The Labute approximate surface area is 161 Å². The average molecular weight is 414 g/mol. The van der Waals surface area contributed by atoms with Gasteiger partial charge in [0.2, 0.25) is 11.8 Å². The number of aryl methyl sites for hydroxylation is 1. The van der Waals surface area contributed by atoms with Gasteiger partial charge < -0.3 is 5.32 Å². The van der Waals surface area contributed by atoms with Crippen molar-refractivity contribution in [2.24, 2.45) is 5.10 Å². The molecule has 0 spiro atoms. The highest BCUT2D eigenvalue weighted by molar-refractivity contribution is 9.10. The maximum atomic E-state index is 12.3. The van der Waals surface area contributed by atoms with Gasteiger partial charge in [0.15, 0.2) is 0 Å². The molecule has 1 N–H and O–H groups in total. The number of hydrazone groups is 1. The highest BCUT2D eigenvalue weighted by Crippen LogP contribution is 2.20. The lowest BCUT2D eigenvalue weighted by atomic mass is 10.1. The molecule has 26 heavy (non-hydrogen) atoms. The zero-order valence-corrected chi connectivity index (χ0v) is 16.1. The lowest BCUT2D eigenvalue weighted by Gasteiger charge is -2.12. The summed E-state index contributed by atoms with van der Waals surface area (Å²) < 4.78 is 0.962. The van der Waals surface area contributed by atoms with E-state index in [1.54, 1.807) is 0 Å². The summed E-state index contributed by atoms with van der Waals surface area (Å²) in [4.78, 5) is 24.4. The maximum absolute atomic E-state index is 12.3. The molecule has 0 unspecified atom stereocenters. The Morgan fingerprint density at radius 3 is 2.65 bits per heavy atom. The zero-order chi connectivity index (χ0) is 18.5. The van der Waals surface area contributed by atoms with E-state index in [4.69, 9.17) is 0 Å². The highest BCUT2D eigenvalue weighted by atomic mass is 79.9. The van der Waals surface area contributed by atoms with E-state index in [1.165, 1.54) is 5.01 Å². The Bertz CT molecular complexity index is 849. The van der Waals surface area contributed by atoms with Gasteiger partial charge in [0.25, 0.3) is 0 Å². The third kappa shape index (κ3) is 4.58. The Morgan fingerprint density at radius 1 is 1.15 bits per heavy atom. The molecule has 1 heterocycles. The van der Waals surface area contributed by atoms with Crippen LogP contribution in [0.2, 0.25) is 0 Å². The summed E-state index contributed by atoms with van der Waals surface area (Å²) in [5.74, 6) is -0.297. The topological polar surface area (TPSA) is 61.8 Å². The van der Waals surface area contributed by atoms with Crippen LogP contribution in [0.15, 0.2) is 58.1 Å². The number of hydrogen-bond acceptors (Lipinski definition) is 3. The third-order valence-electron chi connectivity index (χ3n) is 4.23. The van der Waals surface area contributed by atoms with Crippen molar-refractivity contribution in [3.8, 4) is 0 Å². The molecule has 134 valence electrons. The number of anilines is 1. The van der Waals surface area contributed by atoms with Crippen molar-refractivity contribution < 1.29 is 9.59 Å². The molecule has 0 fully saturated rings. The van der Waals surface area contributed by atoms with Gasteiger partial charge in [0, 0.05) is 29.4 Å². The molecule has 0 aliphatic carbocycles. The van der Waals surface area contributed by atoms with E-state index >= 15 is 0 Å². The van der Waals surface area contributed by atoms with Gasteiger partial charge in [-0.25, -0.2) is 5.01 Å². The second-order valence-electron chi connectivity index (χ2n) is 6.19. The van der Waals surface area contributed by atoms with Gasteiger partial charge in [-0.3, -0.25) is 9.59 Å². The van der Waals surface area contributed by atoms with Crippen LogP contribution in [0, 0.1) is 6.92 Å². The number of hydrogen-bond donors (Lipinski definition) is 1. The van der Waals surface area contributed by atoms with E-state index in [-0.39, 0.29) is 24.7 Å². The van der Waals surface area contributed by atoms with Crippen molar-refractivity contribution in [3.63, 3.8) is 0 Å². The predicted octanol–water partition coefficient (Wildman–Crippen LogP) is 4.11. The van der Waals surface area contributed by atoms with Crippen LogP contribution >= 0.6 is 15.9 Å². The standard InChI is InChI=1S/C20H20BrN3O2/c1-14-13-16(21)7-8-17(14)22-19(25)9-10-20(26)24-12-11-18(23-24)15-5-3-2-4-6-15/h2-8,13H,9-12H2,1H3,(H,22,25). The molecular formula is C20H20BrN3O2. The Kier molecular flexibility index (Phi) is 5.83. The first-order valence-electron chi connectivity index (χ1n) is 8.52. The monoisotopic (exact) mass is 413 g/mol. The predicted molar refractivity (Wildman–Crippen MR) is 106 cm³/mol. The van der Waals surface area contributed by atoms with Gasteiger partial charge in [-0.1, -0.05) is 46.3 Å². The summed E-state index contributed by atoms with van der Waals surface area (Å²) in [5.41, 5.74) is 3.67. The molecule has 0 atom stereocenters. The number of rotatable bonds is 5. The minimum atomic E-state index is -0.171. The first-order chi connectivity index (χ1) is 12.5. The summed E-state index contributed by atoms with van der Waals surface area (Å²) >= 11 is 3.40. The average Bonchev–Trinajstić information content (AvgIpc) is 3.13. The van der Waals surface area contributed by atoms with Crippen molar-refractivity contribution in [1.82, 2.24) is 5.01 Å². The number of nitrogens with zero attached hydrogens (tertiary/aromatic N) is 2. The van der Waals surface area contributed by atoms with E-state index < -0.39 is 0 Å². The van der Waals surface area contributed by atoms with Crippen LogP contribution in [0.5, 0.6) is 0 Å². The highest BCUT2D eigenvalue weighted by Gasteiger charge is 2.21. The van der Waals surface area contributed by atoms with E-state index in [2.05, 4.69) is 26.3 Å². The van der Waals surface area contributed by atoms with Gasteiger partial charge in [-0.2, -0.15) is 5.10 Å². The van der Waals surface area contributed by atoms with Gasteiger partial charge in [-0.05, 0) is 36.2 Å². The van der Waals surface area contributed by atoms with Crippen LogP contribution in [0.1, 0.15) is 30.4 Å². The Hall–Kier alpha value is -2.47. The van der Waals surface area contributed by atoms with Crippen LogP contribution in [0.3, 0.4) is 0 Å². The number of halogens is 1. The molecule has 3 rings (SSSR count). The molecule has 0 saturated heterocycles. The Balaban J connectivity index is 1.52. The second kappa shape index (κ2) is 8.27. The second-order valence-corrected chi connectivity index (χ2v) is 7.10. The molecule has 5 nitrogen and oxygen atoms in total. The third-order valence-corrected chi connectivity index (χ3v) is 4.72. The lowest BCUT2D eigenvalue weighted by Crippen LogP contribution is -2.25. The SMILES string of the molecule is Cc1cc(Br)ccc1NC(=O)CCC(=O)N1CCC(c2ccccc2)=N1. The molecule has 6 heteroatoms. The molecule has 1 aliphatic rings. The maximum Gasteiger partial charge on any atom is 0.243 e. The van der Waals surface area contributed by atoms with E-state index in [9.17, 15) is 9.59 Å². The molecule has 1 aliphatic heterocycles. The molecular weight excluding hydrogens is 394 g/mol. The zero-order valence-electron chi connectivity index (χ0n) is 14.5. The molecule has 0 radical (unpaired) electrons. The van der Waals surface area contributed by atoms with Gasteiger partial charge in [0.1, 0.15) is 0 Å². The van der Waals surface area contributed by atoms with Crippen LogP contribution in [-0.2, 0) is 9.59 Å². The van der Waals surface area contributed by atoms with Crippen molar-refractivity contribution in [3.05, 3.63) is 64.1 Å². The lowest BCUT2D eigenvalue weighted by molar-refractivity contribution is -0.132. The fraction of sp³-hybridized carbons (Fsp3) is 0.250. The largest absolute Gasteiger partial charge is 0.326 e. The minimum absolute atomic E-state index is 0.126. The summed E-state index contributed by atoms with van der Waals surface area (Å²) in [6, 6.07) is 15.5. The number of benzene rings is 2. The molecule has 2 aromatic carbocycles. The summed E-state index contributed by atoms with van der Waals surface area (Å²) in [6.45, 7) is 2.49. The summed E-state index contributed by atoms with van der Waals surface area (Å²) in [7, 11) is 0. The smallest absolute Gasteiger partial charge is 0.243 e. The van der Waals surface area contributed by atoms with E-state index in [0.717, 1.165) is 33.4 Å². The van der Waals surface area contributed by atoms with Gasteiger partial charge in [0.05, 0.1) is 12.3 Å². The quantitative estimate of drug-likeness (QED) is 0.801. The number of amides is 2. The Morgan fingerprint density at radius 2 is 1.92 bits per heavy atom. The van der Waals surface area contributed by atoms with Crippen molar-refractivity contribution >= 4 is 39.1 Å². The van der Waals surface area contributed by atoms with Crippen LogP contribution < -0.4 is 5.32 Å². The molecule has 0 saturated carbocycles. The molecule has 2 aromatic rings. The normalized spacial score (nSPS) is 13.5. The van der Waals surface area contributed by atoms with Crippen molar-refractivity contribution in [2.45, 2.75) is 26.2 Å². The summed E-state index contributed by atoms with van der Waals surface area (Å²) in [5, 5.41) is 8.73. The van der Waals surface area contributed by atoms with Crippen LogP contribution in [-0.4, -0.2) is 29.1 Å². The number of carbonyl (C=O) groups excluding carboxylic acids is 2. The first kappa shape index (κ1) is 18.3. The summed E-state index contributed by atoms with van der Waals surface area (Å²) in [6.07, 6.45) is 1.02. The van der Waals surface area contributed by atoms with E-state index in [1.807, 2.05) is 55.5 Å². The first-order valence-corrected chi connectivity index (χ1v) is 9.31. The van der Waals surface area contributed by atoms with Gasteiger partial charge >= 0.3 is 0 Å². The number of carbonyl (C=O) groups is 2. The van der Waals surface area contributed by atoms with Crippen molar-refractivity contribution in [1.29, 1.82) is 0 Å². The van der Waals surface area contributed by atoms with E-state index in [0.29, 0.717) is 6.54 Å². The van der Waals surface area contributed by atoms with Gasteiger partial charge in [-0.15, -0.1) is 0 Å². The molecule has 0 aromatic heterocycles. The fourth-order valence-electron chi connectivity index (χ4n) is 2.80. The van der Waals surface area contributed by atoms with Crippen LogP contribution in [0.25, 0.3) is 0 Å². The van der Waals surface area contributed by atoms with Crippen molar-refractivity contribution in [2.75, 3.05) is 11.9 Å².